The van der Waals surface area contributed by atoms with Gasteiger partial charge in [-0.3, -0.25) is 0 Å². The van der Waals surface area contributed by atoms with Crippen LogP contribution in [0.3, 0.4) is 0 Å². The highest BCUT2D eigenvalue weighted by Gasteiger charge is 2.18. The van der Waals surface area contributed by atoms with Gasteiger partial charge in [-0.15, -0.1) is 0 Å². The van der Waals surface area contributed by atoms with E-state index in [1.165, 1.54) is 17.5 Å². The van der Waals surface area contributed by atoms with Gasteiger partial charge < -0.3 is 0 Å². The molecule has 0 N–H and O–H groups in total. The Hall–Kier alpha value is -1.04. The average Bonchev–Trinajstić information content (AvgIpc) is 2.17. The zero-order valence-electron chi connectivity index (χ0n) is 8.33. The van der Waals surface area contributed by atoms with E-state index < -0.39 is 0 Å². The molecule has 1 aliphatic carbocycles. The van der Waals surface area contributed by atoms with Gasteiger partial charge in [0.15, 0.2) is 0 Å². The van der Waals surface area contributed by atoms with E-state index in [9.17, 15) is 0 Å². The van der Waals surface area contributed by atoms with E-state index in [0.29, 0.717) is 0 Å². The molecule has 0 spiro atoms. The summed E-state index contributed by atoms with van der Waals surface area (Å²) in [5.74, 6) is 1.47. The number of allylic oxidation sites excluding steroid dienone is 1. The lowest BCUT2D eigenvalue weighted by Gasteiger charge is -2.24. The largest absolute Gasteiger partial charge is 0.0833 e. The van der Waals surface area contributed by atoms with E-state index in [2.05, 4.69) is 50.3 Å². The van der Waals surface area contributed by atoms with Crippen molar-refractivity contribution < 1.29 is 0 Å². The van der Waals surface area contributed by atoms with Gasteiger partial charge >= 0.3 is 0 Å². The molecule has 0 heterocycles. The van der Waals surface area contributed by atoms with Crippen molar-refractivity contribution in [1.29, 1.82) is 0 Å². The number of rotatable bonds is 1. The van der Waals surface area contributed by atoms with Crippen LogP contribution >= 0.6 is 0 Å². The van der Waals surface area contributed by atoms with Gasteiger partial charge in [-0.05, 0) is 29.4 Å². The molecule has 0 aromatic heterocycles. The lowest BCUT2D eigenvalue weighted by atomic mass is 9.80. The van der Waals surface area contributed by atoms with Crippen molar-refractivity contribution in [2.45, 2.75) is 26.2 Å². The van der Waals surface area contributed by atoms with E-state index in [4.69, 9.17) is 0 Å². The summed E-state index contributed by atoms with van der Waals surface area (Å²) >= 11 is 0. The van der Waals surface area contributed by atoms with Gasteiger partial charge in [0.25, 0.3) is 0 Å². The second kappa shape index (κ2) is 3.37. The Bertz CT molecular complexity index is 321. The van der Waals surface area contributed by atoms with Gasteiger partial charge in [0.2, 0.25) is 0 Å². The number of fused-ring (bicyclic) bond motifs is 1. The van der Waals surface area contributed by atoms with Gasteiger partial charge in [0, 0.05) is 0 Å². The van der Waals surface area contributed by atoms with Crippen molar-refractivity contribution in [3.63, 3.8) is 0 Å². The zero-order chi connectivity index (χ0) is 9.26. The molecule has 2 rings (SSSR count). The molecule has 0 amide bonds. The quantitative estimate of drug-likeness (QED) is 0.603. The van der Waals surface area contributed by atoms with Crippen LogP contribution in [-0.2, 0) is 0 Å². The van der Waals surface area contributed by atoms with Crippen LogP contribution < -0.4 is 0 Å². The van der Waals surface area contributed by atoms with E-state index in [1.54, 1.807) is 0 Å². The minimum Gasteiger partial charge on any atom is -0.0833 e. The Labute approximate surface area is 80.3 Å². The summed E-state index contributed by atoms with van der Waals surface area (Å²) < 4.78 is 0. The molecule has 0 heteroatoms. The molecule has 0 radical (unpaired) electrons. The van der Waals surface area contributed by atoms with Gasteiger partial charge in [0.1, 0.15) is 0 Å². The smallest absolute Gasteiger partial charge is 0.00983 e. The summed E-state index contributed by atoms with van der Waals surface area (Å²) in [5.41, 5.74) is 2.94. The van der Waals surface area contributed by atoms with Crippen LogP contribution in [0.5, 0.6) is 0 Å². The molecule has 0 bridgehead atoms. The first-order chi connectivity index (χ1) is 6.29. The highest BCUT2D eigenvalue weighted by atomic mass is 14.2. The minimum atomic E-state index is 0.723. The molecule has 1 aromatic carbocycles. The van der Waals surface area contributed by atoms with E-state index in [-0.39, 0.29) is 0 Å². The maximum absolute atomic E-state index is 2.31. The second-order valence-electron chi connectivity index (χ2n) is 4.12. The Morgan fingerprint density at radius 3 is 2.77 bits per heavy atom. The molecule has 0 aliphatic heterocycles. The van der Waals surface area contributed by atoms with E-state index >= 15 is 0 Å². The molecule has 0 fully saturated rings. The van der Waals surface area contributed by atoms with Gasteiger partial charge in [-0.2, -0.15) is 0 Å². The summed E-state index contributed by atoms with van der Waals surface area (Å²) in [6.07, 6.45) is 5.75. The molecule has 0 saturated heterocycles. The summed E-state index contributed by atoms with van der Waals surface area (Å²) in [5, 5.41) is 0. The topological polar surface area (TPSA) is 0 Å². The SMILES string of the molecule is CC(C)C1CC=Cc2ccccc21. The lowest BCUT2D eigenvalue weighted by molar-refractivity contribution is 0.499. The predicted molar refractivity (Wildman–Crippen MR) is 57.7 cm³/mol. The first-order valence-electron chi connectivity index (χ1n) is 5.04. The fourth-order valence-corrected chi connectivity index (χ4v) is 2.10. The lowest BCUT2D eigenvalue weighted by Crippen LogP contribution is -2.09. The average molecular weight is 172 g/mol. The Morgan fingerprint density at radius 1 is 1.23 bits per heavy atom. The van der Waals surface area contributed by atoms with Crippen molar-refractivity contribution in [1.82, 2.24) is 0 Å². The van der Waals surface area contributed by atoms with Crippen LogP contribution in [0.2, 0.25) is 0 Å². The van der Waals surface area contributed by atoms with Crippen molar-refractivity contribution in [3.05, 3.63) is 41.5 Å². The molecular weight excluding hydrogens is 156 g/mol. The molecule has 68 valence electrons. The highest BCUT2D eigenvalue weighted by Crippen LogP contribution is 2.34. The maximum atomic E-state index is 2.31. The summed E-state index contributed by atoms with van der Waals surface area (Å²) in [6.45, 7) is 4.61. The van der Waals surface area contributed by atoms with Crippen molar-refractivity contribution in [3.8, 4) is 0 Å². The normalized spacial score (nSPS) is 20.4. The van der Waals surface area contributed by atoms with Crippen LogP contribution in [0.25, 0.3) is 6.08 Å². The second-order valence-corrected chi connectivity index (χ2v) is 4.12. The third-order valence-electron chi connectivity index (χ3n) is 2.89. The number of hydrogen-bond donors (Lipinski definition) is 0. The Balaban J connectivity index is 2.43. The fourth-order valence-electron chi connectivity index (χ4n) is 2.10. The van der Waals surface area contributed by atoms with Crippen molar-refractivity contribution in [2.24, 2.45) is 5.92 Å². The first-order valence-corrected chi connectivity index (χ1v) is 5.04. The van der Waals surface area contributed by atoms with Crippen molar-refractivity contribution >= 4 is 6.08 Å². The molecule has 1 unspecified atom stereocenters. The minimum absolute atomic E-state index is 0.723. The summed E-state index contributed by atoms with van der Waals surface area (Å²) in [4.78, 5) is 0. The van der Waals surface area contributed by atoms with E-state index in [0.717, 1.165) is 11.8 Å². The van der Waals surface area contributed by atoms with Crippen LogP contribution in [0, 0.1) is 5.92 Å². The van der Waals surface area contributed by atoms with Crippen LogP contribution in [-0.4, -0.2) is 0 Å². The van der Waals surface area contributed by atoms with Crippen molar-refractivity contribution in [2.75, 3.05) is 0 Å². The molecule has 1 aromatic rings. The zero-order valence-corrected chi connectivity index (χ0v) is 8.33. The Kier molecular flexibility index (Phi) is 2.22. The maximum Gasteiger partial charge on any atom is -0.00983 e. The first kappa shape index (κ1) is 8.55. The third-order valence-corrected chi connectivity index (χ3v) is 2.89. The molecular formula is C13H16. The van der Waals surface area contributed by atoms with Crippen LogP contribution in [0.1, 0.15) is 37.3 Å². The highest BCUT2D eigenvalue weighted by molar-refractivity contribution is 5.57. The van der Waals surface area contributed by atoms with Crippen LogP contribution in [0.15, 0.2) is 30.3 Å². The summed E-state index contributed by atoms with van der Waals surface area (Å²) in [6, 6.07) is 8.74. The number of benzene rings is 1. The molecule has 1 atom stereocenters. The Morgan fingerprint density at radius 2 is 2.00 bits per heavy atom. The molecule has 1 aliphatic rings. The molecule has 0 saturated carbocycles. The van der Waals surface area contributed by atoms with Crippen LogP contribution in [0.4, 0.5) is 0 Å². The fraction of sp³-hybridized carbons (Fsp3) is 0.385. The van der Waals surface area contributed by atoms with Gasteiger partial charge in [0.05, 0.1) is 0 Å². The van der Waals surface area contributed by atoms with E-state index in [1.807, 2.05) is 0 Å². The predicted octanol–water partition coefficient (Wildman–Crippen LogP) is 3.84. The summed E-state index contributed by atoms with van der Waals surface area (Å²) in [7, 11) is 0. The standard InChI is InChI=1S/C13H16/c1-10(2)12-9-5-7-11-6-3-4-8-13(11)12/h3-8,10,12H,9H2,1-2H3. The van der Waals surface area contributed by atoms with Gasteiger partial charge in [-0.1, -0.05) is 50.3 Å². The molecule has 13 heavy (non-hydrogen) atoms. The number of hydrogen-bond acceptors (Lipinski definition) is 0. The molecule has 0 nitrogen and oxygen atoms in total. The van der Waals surface area contributed by atoms with Gasteiger partial charge in [-0.25, -0.2) is 0 Å². The monoisotopic (exact) mass is 172 g/mol. The third kappa shape index (κ3) is 1.53.